The molecular formula is C17H18N2O6S. The van der Waals surface area contributed by atoms with Crippen LogP contribution in [0.25, 0.3) is 0 Å². The molecule has 0 fully saturated rings. The highest BCUT2D eigenvalue weighted by atomic mass is 32.2. The van der Waals surface area contributed by atoms with E-state index >= 15 is 0 Å². The van der Waals surface area contributed by atoms with Gasteiger partial charge in [0.05, 0.1) is 21.9 Å². The number of rotatable bonds is 7. The minimum atomic E-state index is -3.27. The number of ether oxygens (including phenoxy) is 1. The van der Waals surface area contributed by atoms with Gasteiger partial charge in [-0.05, 0) is 30.7 Å². The van der Waals surface area contributed by atoms with E-state index in [4.69, 9.17) is 4.74 Å². The van der Waals surface area contributed by atoms with Gasteiger partial charge in [0.25, 0.3) is 11.6 Å². The molecule has 8 nitrogen and oxygen atoms in total. The van der Waals surface area contributed by atoms with Gasteiger partial charge in [0.2, 0.25) is 0 Å². The van der Waals surface area contributed by atoms with E-state index in [1.165, 1.54) is 36.4 Å². The van der Waals surface area contributed by atoms with Gasteiger partial charge < -0.3 is 10.1 Å². The first-order valence-corrected chi connectivity index (χ1v) is 9.52. The summed E-state index contributed by atoms with van der Waals surface area (Å²) in [5.74, 6) is -0.185. The first-order valence-electron chi connectivity index (χ1n) is 7.63. The van der Waals surface area contributed by atoms with Crippen molar-refractivity contribution in [3.63, 3.8) is 0 Å². The number of sulfone groups is 1. The van der Waals surface area contributed by atoms with Gasteiger partial charge in [-0.15, -0.1) is 0 Å². The molecule has 2 rings (SSSR count). The smallest absolute Gasteiger partial charge is 0.273 e. The summed E-state index contributed by atoms with van der Waals surface area (Å²) in [6.07, 6.45) is 1.12. The van der Waals surface area contributed by atoms with Crippen molar-refractivity contribution in [1.29, 1.82) is 0 Å². The normalized spacial score (nSPS) is 12.2. The summed E-state index contributed by atoms with van der Waals surface area (Å²) in [4.78, 5) is 22.3. The Kier molecular flexibility index (Phi) is 5.93. The number of nitrogens with one attached hydrogen (secondary N) is 1. The second kappa shape index (κ2) is 7.96. The maximum atomic E-state index is 12.0. The highest BCUT2D eigenvalue weighted by molar-refractivity contribution is 7.90. The maximum Gasteiger partial charge on any atom is 0.273 e. The van der Waals surface area contributed by atoms with Crippen LogP contribution in [0.1, 0.15) is 18.5 Å². The van der Waals surface area contributed by atoms with Gasteiger partial charge in [0, 0.05) is 12.3 Å². The number of non-ortho nitro benzene ring substituents is 1. The number of amides is 1. The largest absolute Gasteiger partial charge is 0.484 e. The number of nitro benzene ring substituents is 1. The quantitative estimate of drug-likeness (QED) is 0.583. The van der Waals surface area contributed by atoms with E-state index in [0.717, 1.165) is 11.8 Å². The van der Waals surface area contributed by atoms with E-state index in [0.29, 0.717) is 0 Å². The summed E-state index contributed by atoms with van der Waals surface area (Å²) in [6.45, 7) is 1.45. The van der Waals surface area contributed by atoms with Crippen LogP contribution in [0.5, 0.6) is 5.75 Å². The standard InChI is InChI=1S/C17H18N2O6S/c1-12(13-6-8-16(9-7-13)26(2,23)24)18-17(20)11-25-15-5-3-4-14(10-15)19(21)22/h3-10,12H,11H2,1-2H3,(H,18,20)/t12-/m0/s1. The van der Waals surface area contributed by atoms with E-state index in [-0.39, 0.29) is 29.0 Å². The molecule has 0 saturated carbocycles. The Morgan fingerprint density at radius 3 is 2.46 bits per heavy atom. The number of nitrogens with zero attached hydrogens (tertiary/aromatic N) is 1. The average Bonchev–Trinajstić information content (AvgIpc) is 2.59. The van der Waals surface area contributed by atoms with Gasteiger partial charge in [-0.1, -0.05) is 18.2 Å². The van der Waals surface area contributed by atoms with Crippen molar-refractivity contribution in [3.8, 4) is 5.75 Å². The van der Waals surface area contributed by atoms with Crippen molar-refractivity contribution in [2.24, 2.45) is 0 Å². The molecule has 0 bridgehead atoms. The van der Waals surface area contributed by atoms with Crippen LogP contribution in [0.3, 0.4) is 0 Å². The van der Waals surface area contributed by atoms with Crippen LogP contribution in [-0.4, -0.2) is 32.1 Å². The Hall–Kier alpha value is -2.94. The number of carbonyl (C=O) groups is 1. The van der Waals surface area contributed by atoms with Crippen LogP contribution >= 0.6 is 0 Å². The molecule has 9 heteroatoms. The first kappa shape index (κ1) is 19.4. The monoisotopic (exact) mass is 378 g/mol. The molecule has 0 aliphatic rings. The van der Waals surface area contributed by atoms with Gasteiger partial charge in [0.15, 0.2) is 16.4 Å². The third-order valence-electron chi connectivity index (χ3n) is 3.58. The van der Waals surface area contributed by atoms with Crippen LogP contribution in [-0.2, 0) is 14.6 Å². The van der Waals surface area contributed by atoms with E-state index < -0.39 is 20.7 Å². The minimum Gasteiger partial charge on any atom is -0.484 e. The molecule has 0 heterocycles. The second-order valence-corrected chi connectivity index (χ2v) is 7.69. The molecule has 0 unspecified atom stereocenters. The molecule has 1 amide bonds. The predicted octanol–water partition coefficient (Wildman–Crippen LogP) is 2.25. The van der Waals surface area contributed by atoms with Crippen LogP contribution in [0, 0.1) is 10.1 Å². The van der Waals surface area contributed by atoms with Gasteiger partial charge >= 0.3 is 0 Å². The minimum absolute atomic E-state index is 0.123. The lowest BCUT2D eigenvalue weighted by Gasteiger charge is -2.15. The van der Waals surface area contributed by atoms with E-state index in [1.54, 1.807) is 19.1 Å². The van der Waals surface area contributed by atoms with Crippen molar-refractivity contribution in [2.45, 2.75) is 17.9 Å². The molecule has 0 aliphatic heterocycles. The Bertz CT molecular complexity index is 909. The summed E-state index contributed by atoms with van der Waals surface area (Å²) in [5.41, 5.74) is 0.614. The fourth-order valence-electron chi connectivity index (χ4n) is 2.21. The highest BCUT2D eigenvalue weighted by Crippen LogP contribution is 2.19. The lowest BCUT2D eigenvalue weighted by Crippen LogP contribution is -2.31. The van der Waals surface area contributed by atoms with E-state index in [1.807, 2.05) is 0 Å². The zero-order chi connectivity index (χ0) is 19.3. The molecule has 2 aromatic carbocycles. The molecule has 1 atom stereocenters. The summed E-state index contributed by atoms with van der Waals surface area (Å²) >= 11 is 0. The predicted molar refractivity (Wildman–Crippen MR) is 94.7 cm³/mol. The third-order valence-corrected chi connectivity index (χ3v) is 4.71. The molecule has 26 heavy (non-hydrogen) atoms. The summed E-state index contributed by atoms with van der Waals surface area (Å²) in [7, 11) is -3.27. The van der Waals surface area contributed by atoms with Crippen LogP contribution in [0.4, 0.5) is 5.69 Å². The number of hydrogen-bond acceptors (Lipinski definition) is 6. The molecule has 0 spiro atoms. The first-order chi connectivity index (χ1) is 12.2. The Morgan fingerprint density at radius 2 is 1.88 bits per heavy atom. The molecule has 0 radical (unpaired) electrons. The Labute approximate surface area is 150 Å². The molecule has 1 N–H and O–H groups in total. The number of carbonyl (C=O) groups excluding carboxylic acids is 1. The zero-order valence-corrected chi connectivity index (χ0v) is 15.0. The maximum absolute atomic E-state index is 12.0. The molecular weight excluding hydrogens is 360 g/mol. The van der Waals surface area contributed by atoms with Crippen molar-refractivity contribution in [3.05, 3.63) is 64.2 Å². The lowest BCUT2D eigenvalue weighted by molar-refractivity contribution is -0.384. The highest BCUT2D eigenvalue weighted by Gasteiger charge is 2.13. The van der Waals surface area contributed by atoms with Crippen LogP contribution in [0.15, 0.2) is 53.4 Å². The van der Waals surface area contributed by atoms with Crippen molar-refractivity contribution in [2.75, 3.05) is 12.9 Å². The zero-order valence-electron chi connectivity index (χ0n) is 14.2. The molecule has 0 saturated heterocycles. The molecule has 0 aromatic heterocycles. The van der Waals surface area contributed by atoms with Crippen LogP contribution < -0.4 is 10.1 Å². The fourth-order valence-corrected chi connectivity index (χ4v) is 2.84. The van der Waals surface area contributed by atoms with Crippen LogP contribution in [0.2, 0.25) is 0 Å². The molecule has 0 aliphatic carbocycles. The average molecular weight is 378 g/mol. The number of benzene rings is 2. The molecule has 2 aromatic rings. The summed E-state index contributed by atoms with van der Waals surface area (Å²) in [5, 5.41) is 13.4. The second-order valence-electron chi connectivity index (χ2n) is 5.67. The molecule has 138 valence electrons. The van der Waals surface area contributed by atoms with E-state index in [9.17, 15) is 23.3 Å². The summed E-state index contributed by atoms with van der Waals surface area (Å²) in [6, 6.07) is 11.4. The SMILES string of the molecule is C[C@H](NC(=O)COc1cccc([N+](=O)[O-])c1)c1ccc(S(C)(=O)=O)cc1. The van der Waals surface area contributed by atoms with Crippen molar-refractivity contribution < 1.29 is 22.9 Å². The number of hydrogen-bond donors (Lipinski definition) is 1. The van der Waals surface area contributed by atoms with E-state index in [2.05, 4.69) is 5.32 Å². The lowest BCUT2D eigenvalue weighted by atomic mass is 10.1. The van der Waals surface area contributed by atoms with Gasteiger partial charge in [-0.2, -0.15) is 0 Å². The van der Waals surface area contributed by atoms with Gasteiger partial charge in [-0.3, -0.25) is 14.9 Å². The topological polar surface area (TPSA) is 116 Å². The van der Waals surface area contributed by atoms with Gasteiger partial charge in [-0.25, -0.2) is 8.42 Å². The van der Waals surface area contributed by atoms with Crippen molar-refractivity contribution >= 4 is 21.4 Å². The Morgan fingerprint density at radius 1 is 1.23 bits per heavy atom. The third kappa shape index (κ3) is 5.28. The van der Waals surface area contributed by atoms with Gasteiger partial charge in [0.1, 0.15) is 5.75 Å². The van der Waals surface area contributed by atoms with Crippen molar-refractivity contribution in [1.82, 2.24) is 5.32 Å². The Balaban J connectivity index is 1.93. The number of nitro groups is 1. The fraction of sp³-hybridized carbons (Fsp3) is 0.235. The summed E-state index contributed by atoms with van der Waals surface area (Å²) < 4.78 is 28.2.